The van der Waals surface area contributed by atoms with E-state index in [4.69, 9.17) is 9.29 Å². The number of allylic oxidation sites excluding steroid dienone is 9. The van der Waals surface area contributed by atoms with Crippen molar-refractivity contribution < 1.29 is 58.3 Å². The molecule has 1 atom stereocenters. The Kier molecular flexibility index (Phi) is 14.7. The van der Waals surface area contributed by atoms with Gasteiger partial charge in [-0.1, -0.05) is 68.0 Å². The summed E-state index contributed by atoms with van der Waals surface area (Å²) in [6.07, 6.45) is 15.8. The third kappa shape index (κ3) is 13.2. The zero-order valence-electron chi connectivity index (χ0n) is 22.8. The Bertz CT molecular complexity index is 1040. The van der Waals surface area contributed by atoms with E-state index in [0.717, 1.165) is 12.0 Å². The molecule has 1 unspecified atom stereocenters. The van der Waals surface area contributed by atoms with Crippen molar-refractivity contribution in [3.05, 3.63) is 71.4 Å². The molecule has 0 spiro atoms. The number of carbonyl (C=O) groups is 2. The molecule has 0 aromatic rings. The van der Waals surface area contributed by atoms with Gasteiger partial charge in [-0.15, -0.1) is 0 Å². The number of ether oxygens (including phenoxy) is 1. The van der Waals surface area contributed by atoms with Gasteiger partial charge in [0.2, 0.25) is 5.91 Å². The van der Waals surface area contributed by atoms with E-state index in [-0.39, 0.29) is 43.0 Å². The van der Waals surface area contributed by atoms with Crippen molar-refractivity contribution in [2.24, 2.45) is 5.41 Å². The first-order chi connectivity index (χ1) is 15.7. The first-order valence-corrected chi connectivity index (χ1v) is 12.8. The predicted octanol–water partition coefficient (Wildman–Crippen LogP) is 1.74. The molecule has 0 bridgehead atoms. The van der Waals surface area contributed by atoms with Gasteiger partial charge in [-0.05, 0) is 56.6 Å². The average molecular weight is 516 g/mol. The van der Waals surface area contributed by atoms with Crippen LogP contribution in [0.4, 0.5) is 0 Å². The van der Waals surface area contributed by atoms with Crippen molar-refractivity contribution in [3.8, 4) is 0 Å². The first-order valence-electron chi connectivity index (χ1n) is 11.2. The Labute approximate surface area is 233 Å². The van der Waals surface area contributed by atoms with Crippen LogP contribution in [-0.2, 0) is 24.4 Å². The van der Waals surface area contributed by atoms with Gasteiger partial charge in [-0.3, -0.25) is 9.35 Å². The fourth-order valence-corrected chi connectivity index (χ4v) is 4.36. The van der Waals surface area contributed by atoms with Gasteiger partial charge in [-0.2, -0.15) is 8.42 Å². The fourth-order valence-electron chi connectivity index (χ4n) is 3.72. The van der Waals surface area contributed by atoms with E-state index >= 15 is 0 Å². The molecule has 9 heteroatoms. The monoisotopic (exact) mass is 515 g/mol. The first kappa shape index (κ1) is 33.3. The number of carbonyl (C=O) groups excluding carboxylic acids is 2. The Balaban J connectivity index is 0. The van der Waals surface area contributed by atoms with Crippen molar-refractivity contribution in [2.45, 2.75) is 59.9 Å². The Morgan fingerprint density at radius 1 is 1.26 bits per heavy atom. The van der Waals surface area contributed by atoms with Crippen molar-refractivity contribution in [1.82, 2.24) is 5.32 Å². The molecule has 1 amide bonds. The molecular formula is C26H38NNaO6S. The van der Waals surface area contributed by atoms with Crippen LogP contribution in [0.1, 0.15) is 55.3 Å². The molecule has 2 N–H and O–H groups in total. The van der Waals surface area contributed by atoms with Crippen LogP contribution in [0.2, 0.25) is 0 Å². The van der Waals surface area contributed by atoms with E-state index in [9.17, 15) is 18.0 Å². The topological polar surface area (TPSA) is 110 Å². The normalized spacial score (nSPS) is 17.8. The fraction of sp³-hybridized carbons (Fsp3) is 0.462. The third-order valence-electron chi connectivity index (χ3n) is 5.45. The van der Waals surface area contributed by atoms with Crippen molar-refractivity contribution in [3.63, 3.8) is 0 Å². The molecule has 1 aliphatic rings. The second kappa shape index (κ2) is 15.4. The van der Waals surface area contributed by atoms with Crippen LogP contribution in [0.3, 0.4) is 0 Å². The van der Waals surface area contributed by atoms with E-state index in [1.165, 1.54) is 36.1 Å². The van der Waals surface area contributed by atoms with Gasteiger partial charge < -0.3 is 11.5 Å². The van der Waals surface area contributed by atoms with Gasteiger partial charge in [0.15, 0.2) is 0 Å². The van der Waals surface area contributed by atoms with Gasteiger partial charge in [0.1, 0.15) is 18.4 Å². The number of amides is 1. The summed E-state index contributed by atoms with van der Waals surface area (Å²) in [6.45, 7) is 13.7. The molecule has 0 fully saturated rings. The maximum atomic E-state index is 12.2. The van der Waals surface area contributed by atoms with E-state index in [1.807, 2.05) is 13.0 Å². The van der Waals surface area contributed by atoms with E-state index in [2.05, 4.69) is 44.8 Å². The maximum Gasteiger partial charge on any atom is 1.00 e. The van der Waals surface area contributed by atoms with Gasteiger partial charge >= 0.3 is 35.5 Å². The Hall–Kier alpha value is -1.71. The van der Waals surface area contributed by atoms with Gasteiger partial charge in [0, 0.05) is 6.08 Å². The minimum Gasteiger partial charge on any atom is -1.00 e. The molecule has 7 nitrogen and oxygen atoms in total. The molecule has 0 saturated heterocycles. The molecule has 35 heavy (non-hydrogen) atoms. The molecule has 1 rings (SSSR count). The molecule has 0 aromatic heterocycles. The summed E-state index contributed by atoms with van der Waals surface area (Å²) in [5.74, 6) is -2.66. The zero-order valence-corrected chi connectivity index (χ0v) is 24.6. The minimum absolute atomic E-state index is 0. The second-order valence-corrected chi connectivity index (χ2v) is 10.6. The summed E-state index contributed by atoms with van der Waals surface area (Å²) < 4.78 is 36.2. The maximum absolute atomic E-state index is 12.2. The molecule has 190 valence electrons. The summed E-state index contributed by atoms with van der Waals surface area (Å²) in [7, 11) is -4.51. The van der Waals surface area contributed by atoms with Crippen LogP contribution >= 0.6 is 0 Å². The number of rotatable bonds is 11. The third-order valence-corrected chi connectivity index (χ3v) is 6.21. The zero-order chi connectivity index (χ0) is 25.9. The van der Waals surface area contributed by atoms with E-state index in [1.54, 1.807) is 19.1 Å². The standard InChI is InChI=1S/C26H37NO6S.Na.H/c1-7-16-33-25(29)23(18-34(30,31)32)27-24(28)17-20(3)11-8-10-19(2)13-14-22-21(4)12-9-15-26(22,5)6;;/h7-8,10-11,13-14,17,23H,1,9,12,15-16,18H2,2-6H3,(H,27,28)(H,30,31,32);;/q;+1;-1/b11-8+,14-13+,19-10-,20-17+;;. The number of esters is 1. The molecule has 0 aliphatic heterocycles. The largest absolute Gasteiger partial charge is 1.00 e. The molecule has 0 saturated carbocycles. The van der Waals surface area contributed by atoms with Crippen molar-refractivity contribution >= 4 is 22.0 Å². The summed E-state index contributed by atoms with van der Waals surface area (Å²) in [5, 5.41) is 2.25. The number of nitrogens with one attached hydrogen (secondary N) is 1. The van der Waals surface area contributed by atoms with Crippen LogP contribution in [-0.4, -0.2) is 43.2 Å². The minimum atomic E-state index is -4.51. The smallest absolute Gasteiger partial charge is 1.00 e. The van der Waals surface area contributed by atoms with Crippen molar-refractivity contribution in [1.29, 1.82) is 0 Å². The second-order valence-electron chi connectivity index (χ2n) is 9.15. The van der Waals surface area contributed by atoms with E-state index < -0.39 is 33.8 Å². The molecule has 0 heterocycles. The van der Waals surface area contributed by atoms with Crippen LogP contribution in [0.15, 0.2) is 71.4 Å². The number of hydrogen-bond acceptors (Lipinski definition) is 5. The van der Waals surface area contributed by atoms with Crippen LogP contribution in [0.25, 0.3) is 0 Å². The summed E-state index contributed by atoms with van der Waals surface area (Å²) in [4.78, 5) is 24.2. The van der Waals surface area contributed by atoms with Crippen LogP contribution in [0.5, 0.6) is 0 Å². The van der Waals surface area contributed by atoms with Crippen LogP contribution in [0, 0.1) is 5.41 Å². The molecule has 1 aliphatic carbocycles. The van der Waals surface area contributed by atoms with Crippen LogP contribution < -0.4 is 34.9 Å². The molecular weight excluding hydrogens is 477 g/mol. The Morgan fingerprint density at radius 3 is 2.49 bits per heavy atom. The van der Waals surface area contributed by atoms with Gasteiger partial charge in [0.05, 0.1) is 0 Å². The average Bonchev–Trinajstić information content (AvgIpc) is 2.69. The van der Waals surface area contributed by atoms with Gasteiger partial charge in [-0.25, -0.2) is 4.79 Å². The summed E-state index contributed by atoms with van der Waals surface area (Å²) >= 11 is 0. The predicted molar refractivity (Wildman–Crippen MR) is 137 cm³/mol. The van der Waals surface area contributed by atoms with Gasteiger partial charge in [0.25, 0.3) is 10.1 Å². The van der Waals surface area contributed by atoms with Crippen molar-refractivity contribution in [2.75, 3.05) is 12.4 Å². The van der Waals surface area contributed by atoms with E-state index in [0.29, 0.717) is 5.57 Å². The summed E-state index contributed by atoms with van der Waals surface area (Å²) in [5.41, 5.74) is 4.62. The summed E-state index contributed by atoms with van der Waals surface area (Å²) in [6, 6.07) is -1.54. The SMILES string of the molecule is C=CCOC(=O)C(CS(=O)(=O)O)NC(=O)/C=C(C)/C=C/C=C(C)\C=C\C1=C(C)CCCC1(C)C.[H-].[Na+]. The molecule has 0 aromatic carbocycles. The number of hydrogen-bond donors (Lipinski definition) is 2. The Morgan fingerprint density at radius 2 is 1.91 bits per heavy atom. The quantitative estimate of drug-likeness (QED) is 0.108. The molecule has 0 radical (unpaired) electrons.